The molecule has 0 heterocycles. The molecule has 0 amide bonds. The zero-order chi connectivity index (χ0) is 9.03. The Kier molecular flexibility index (Phi) is 2.71. The molecule has 1 aromatic rings. The summed E-state index contributed by atoms with van der Waals surface area (Å²) in [4.78, 5) is 0. The van der Waals surface area contributed by atoms with Crippen LogP contribution in [0.2, 0.25) is 0 Å². The Morgan fingerprint density at radius 1 is 1.00 bits per heavy atom. The van der Waals surface area contributed by atoms with E-state index < -0.39 is 0 Å². The molecular formula is C10H16N2. The number of benzene rings is 1. The van der Waals surface area contributed by atoms with Gasteiger partial charge in [-0.1, -0.05) is 18.2 Å². The highest BCUT2D eigenvalue weighted by molar-refractivity contribution is 5.41. The summed E-state index contributed by atoms with van der Waals surface area (Å²) in [6.07, 6.45) is 0. The second-order valence-corrected chi connectivity index (χ2v) is 3.87. The Morgan fingerprint density at radius 3 is 2.08 bits per heavy atom. The fourth-order valence-corrected chi connectivity index (χ4v) is 0.781. The van der Waals surface area contributed by atoms with Gasteiger partial charge in [0, 0.05) is 11.2 Å². The molecule has 0 fully saturated rings. The van der Waals surface area contributed by atoms with Crippen molar-refractivity contribution in [3.05, 3.63) is 30.3 Å². The Morgan fingerprint density at radius 2 is 1.58 bits per heavy atom. The summed E-state index contributed by atoms with van der Waals surface area (Å²) in [6.45, 7) is 6.34. The minimum absolute atomic E-state index is 0.0931. The summed E-state index contributed by atoms with van der Waals surface area (Å²) in [5.41, 5.74) is 7.51. The molecule has 0 spiro atoms. The van der Waals surface area contributed by atoms with Crippen molar-refractivity contribution in [3.8, 4) is 0 Å². The van der Waals surface area contributed by atoms with E-state index in [9.17, 15) is 0 Å². The van der Waals surface area contributed by atoms with Crippen molar-refractivity contribution in [1.29, 1.82) is 0 Å². The predicted molar refractivity (Wildman–Crippen MR) is 53.0 cm³/mol. The highest BCUT2D eigenvalue weighted by atomic mass is 15.4. The molecule has 0 bridgehead atoms. The van der Waals surface area contributed by atoms with Gasteiger partial charge in [0.2, 0.25) is 0 Å². The van der Waals surface area contributed by atoms with Crippen molar-refractivity contribution in [3.63, 3.8) is 0 Å². The van der Waals surface area contributed by atoms with Gasteiger partial charge in [-0.3, -0.25) is 0 Å². The van der Waals surface area contributed by atoms with Crippen LogP contribution in [0.4, 0.5) is 5.69 Å². The Hall–Kier alpha value is -1.02. The SMILES string of the molecule is CC(C)(C)NNc1ccccc1. The lowest BCUT2D eigenvalue weighted by Gasteiger charge is -2.21. The minimum atomic E-state index is 0.0931. The molecule has 2 nitrogen and oxygen atoms in total. The highest BCUT2D eigenvalue weighted by Crippen LogP contribution is 2.05. The van der Waals surface area contributed by atoms with Crippen LogP contribution in [0, 0.1) is 0 Å². The summed E-state index contributed by atoms with van der Waals surface area (Å²) in [5, 5.41) is 0. The van der Waals surface area contributed by atoms with E-state index in [1.165, 1.54) is 0 Å². The maximum Gasteiger partial charge on any atom is 0.0487 e. The molecule has 1 aromatic carbocycles. The van der Waals surface area contributed by atoms with Crippen LogP contribution in [-0.4, -0.2) is 5.54 Å². The van der Waals surface area contributed by atoms with E-state index in [-0.39, 0.29) is 5.54 Å². The van der Waals surface area contributed by atoms with Crippen molar-refractivity contribution in [2.24, 2.45) is 0 Å². The summed E-state index contributed by atoms with van der Waals surface area (Å²) in [5.74, 6) is 0. The van der Waals surface area contributed by atoms with E-state index >= 15 is 0 Å². The third kappa shape index (κ3) is 3.39. The third-order valence-corrected chi connectivity index (χ3v) is 1.36. The molecule has 2 N–H and O–H groups in total. The zero-order valence-corrected chi connectivity index (χ0v) is 7.89. The lowest BCUT2D eigenvalue weighted by molar-refractivity contribution is 0.466. The lowest BCUT2D eigenvalue weighted by Crippen LogP contribution is -2.40. The number of anilines is 1. The maximum absolute atomic E-state index is 3.19. The molecule has 12 heavy (non-hydrogen) atoms. The molecule has 0 aliphatic carbocycles. The van der Waals surface area contributed by atoms with E-state index in [0.29, 0.717) is 0 Å². The van der Waals surface area contributed by atoms with Crippen LogP contribution < -0.4 is 10.9 Å². The van der Waals surface area contributed by atoms with Gasteiger partial charge in [0.25, 0.3) is 0 Å². The fourth-order valence-electron chi connectivity index (χ4n) is 0.781. The highest BCUT2D eigenvalue weighted by Gasteiger charge is 2.07. The third-order valence-electron chi connectivity index (χ3n) is 1.36. The molecule has 0 aliphatic rings. The van der Waals surface area contributed by atoms with E-state index in [1.54, 1.807) is 0 Å². The van der Waals surface area contributed by atoms with Crippen molar-refractivity contribution in [1.82, 2.24) is 5.43 Å². The van der Waals surface area contributed by atoms with Crippen LogP contribution in [0.3, 0.4) is 0 Å². The van der Waals surface area contributed by atoms with Gasteiger partial charge in [0.15, 0.2) is 0 Å². The van der Waals surface area contributed by atoms with Gasteiger partial charge in [-0.15, -0.1) is 0 Å². The topological polar surface area (TPSA) is 24.1 Å². The number of hydrazine groups is 1. The molecule has 0 unspecified atom stereocenters. The fraction of sp³-hybridized carbons (Fsp3) is 0.400. The molecule has 1 rings (SSSR count). The monoisotopic (exact) mass is 164 g/mol. The quantitative estimate of drug-likeness (QED) is 0.656. The molecule has 0 saturated carbocycles. The number of hydrogen-bond donors (Lipinski definition) is 2. The van der Waals surface area contributed by atoms with E-state index in [0.717, 1.165) is 5.69 Å². The van der Waals surface area contributed by atoms with Crippen LogP contribution in [-0.2, 0) is 0 Å². The number of nitrogens with one attached hydrogen (secondary N) is 2. The smallest absolute Gasteiger partial charge is 0.0487 e. The Bertz CT molecular complexity index is 223. The molecule has 2 heteroatoms. The van der Waals surface area contributed by atoms with Crippen LogP contribution in [0.5, 0.6) is 0 Å². The summed E-state index contributed by atoms with van der Waals surface area (Å²) in [7, 11) is 0. The Labute approximate surface area is 74.0 Å². The second kappa shape index (κ2) is 3.59. The van der Waals surface area contributed by atoms with Gasteiger partial charge in [-0.2, -0.15) is 0 Å². The zero-order valence-electron chi connectivity index (χ0n) is 7.89. The summed E-state index contributed by atoms with van der Waals surface area (Å²) < 4.78 is 0. The average Bonchev–Trinajstić information content (AvgIpc) is 2.02. The maximum atomic E-state index is 3.19. The number of para-hydroxylation sites is 1. The summed E-state index contributed by atoms with van der Waals surface area (Å²) in [6, 6.07) is 10.1. The lowest BCUT2D eigenvalue weighted by atomic mass is 10.1. The van der Waals surface area contributed by atoms with Crippen molar-refractivity contribution in [2.75, 3.05) is 5.43 Å². The molecule has 0 aliphatic heterocycles. The predicted octanol–water partition coefficient (Wildman–Crippen LogP) is 2.40. The van der Waals surface area contributed by atoms with Gasteiger partial charge >= 0.3 is 0 Å². The average molecular weight is 164 g/mol. The standard InChI is InChI=1S/C10H16N2/c1-10(2,3)12-11-9-7-5-4-6-8-9/h4-8,11-12H,1-3H3. The van der Waals surface area contributed by atoms with Gasteiger partial charge < -0.3 is 5.43 Å². The molecule has 66 valence electrons. The molecule has 0 saturated heterocycles. The van der Waals surface area contributed by atoms with Gasteiger partial charge in [-0.25, -0.2) is 5.43 Å². The van der Waals surface area contributed by atoms with Crippen molar-refractivity contribution >= 4 is 5.69 Å². The van der Waals surface area contributed by atoms with Crippen molar-refractivity contribution < 1.29 is 0 Å². The first-order chi connectivity index (χ1) is 5.58. The first-order valence-corrected chi connectivity index (χ1v) is 4.16. The van der Waals surface area contributed by atoms with E-state index in [1.807, 2.05) is 30.3 Å². The second-order valence-electron chi connectivity index (χ2n) is 3.87. The van der Waals surface area contributed by atoms with Gasteiger partial charge in [0.1, 0.15) is 0 Å². The Balaban J connectivity index is 2.44. The van der Waals surface area contributed by atoms with Gasteiger partial charge in [-0.05, 0) is 32.9 Å². The van der Waals surface area contributed by atoms with Crippen LogP contribution >= 0.6 is 0 Å². The van der Waals surface area contributed by atoms with Gasteiger partial charge in [0.05, 0.1) is 0 Å². The minimum Gasteiger partial charge on any atom is -0.321 e. The molecule has 0 atom stereocenters. The number of hydrogen-bond acceptors (Lipinski definition) is 2. The first kappa shape index (κ1) is 9.07. The first-order valence-electron chi connectivity index (χ1n) is 4.16. The molecular weight excluding hydrogens is 148 g/mol. The van der Waals surface area contributed by atoms with Crippen LogP contribution in [0.25, 0.3) is 0 Å². The largest absolute Gasteiger partial charge is 0.321 e. The normalized spacial score (nSPS) is 11.2. The molecule has 0 aromatic heterocycles. The van der Waals surface area contributed by atoms with Crippen molar-refractivity contribution in [2.45, 2.75) is 26.3 Å². The van der Waals surface area contributed by atoms with E-state index in [2.05, 4.69) is 31.6 Å². The summed E-state index contributed by atoms with van der Waals surface area (Å²) >= 11 is 0. The van der Waals surface area contributed by atoms with E-state index in [4.69, 9.17) is 0 Å². The number of rotatable bonds is 2. The van der Waals surface area contributed by atoms with Crippen LogP contribution in [0.15, 0.2) is 30.3 Å². The van der Waals surface area contributed by atoms with Crippen LogP contribution in [0.1, 0.15) is 20.8 Å². The molecule has 0 radical (unpaired) electrons.